The highest BCUT2D eigenvalue weighted by Crippen LogP contribution is 2.36. The van der Waals surface area contributed by atoms with Crippen LogP contribution in [0.4, 0.5) is 0 Å². The Morgan fingerprint density at radius 3 is 2.61 bits per heavy atom. The van der Waals surface area contributed by atoms with E-state index in [-0.39, 0.29) is 6.04 Å². The predicted octanol–water partition coefficient (Wildman–Crippen LogP) is 3.31. The van der Waals surface area contributed by atoms with Gasteiger partial charge < -0.3 is 10.5 Å². The third kappa shape index (κ3) is 1.89. The molecule has 2 N–H and O–H groups in total. The van der Waals surface area contributed by atoms with E-state index in [1.807, 2.05) is 6.92 Å². The van der Waals surface area contributed by atoms with Gasteiger partial charge in [-0.2, -0.15) is 0 Å². The lowest BCUT2D eigenvalue weighted by Crippen LogP contribution is -2.04. The number of benzene rings is 2. The molecular weight excluding hydrogens is 222 g/mol. The molecule has 2 aromatic carbocycles. The standard InChI is InChI=1S/C16H17NO/c1-11(17)12-5-7-13(8-6-12)15-4-2-3-14-9-10-18-16(14)15/h2-8,11H,9-10,17H2,1H3. The van der Waals surface area contributed by atoms with Gasteiger partial charge >= 0.3 is 0 Å². The zero-order chi connectivity index (χ0) is 12.5. The molecule has 92 valence electrons. The minimum absolute atomic E-state index is 0.0804. The molecule has 0 amide bonds. The molecule has 1 heterocycles. The second kappa shape index (κ2) is 4.46. The van der Waals surface area contributed by atoms with Crippen LogP contribution in [0.25, 0.3) is 11.1 Å². The number of hydrogen-bond acceptors (Lipinski definition) is 2. The average Bonchev–Trinajstić information content (AvgIpc) is 2.87. The highest BCUT2D eigenvalue weighted by atomic mass is 16.5. The third-order valence-corrected chi connectivity index (χ3v) is 3.46. The predicted molar refractivity (Wildman–Crippen MR) is 73.7 cm³/mol. The summed E-state index contributed by atoms with van der Waals surface area (Å²) in [6.45, 7) is 2.79. The van der Waals surface area contributed by atoms with Gasteiger partial charge in [-0.15, -0.1) is 0 Å². The fraction of sp³-hybridized carbons (Fsp3) is 0.250. The van der Waals surface area contributed by atoms with Crippen molar-refractivity contribution in [1.82, 2.24) is 0 Å². The summed E-state index contributed by atoms with van der Waals surface area (Å²) in [6.07, 6.45) is 1.01. The first-order valence-corrected chi connectivity index (χ1v) is 6.36. The number of para-hydroxylation sites is 1. The Balaban J connectivity index is 2.03. The lowest BCUT2D eigenvalue weighted by molar-refractivity contribution is 0.358. The summed E-state index contributed by atoms with van der Waals surface area (Å²) in [6, 6.07) is 14.9. The molecule has 0 fully saturated rings. The second-order valence-electron chi connectivity index (χ2n) is 4.80. The van der Waals surface area contributed by atoms with E-state index in [1.165, 1.54) is 16.7 Å². The average molecular weight is 239 g/mol. The minimum Gasteiger partial charge on any atom is -0.492 e. The van der Waals surface area contributed by atoms with Crippen LogP contribution in [-0.2, 0) is 6.42 Å². The van der Waals surface area contributed by atoms with E-state index in [2.05, 4.69) is 42.5 Å². The van der Waals surface area contributed by atoms with Crippen molar-refractivity contribution in [3.05, 3.63) is 53.6 Å². The summed E-state index contributed by atoms with van der Waals surface area (Å²) in [5, 5.41) is 0. The van der Waals surface area contributed by atoms with Gasteiger partial charge in [0, 0.05) is 18.0 Å². The largest absolute Gasteiger partial charge is 0.492 e. The molecule has 2 aromatic rings. The highest BCUT2D eigenvalue weighted by Gasteiger charge is 2.16. The van der Waals surface area contributed by atoms with Crippen molar-refractivity contribution in [2.75, 3.05) is 6.61 Å². The van der Waals surface area contributed by atoms with Crippen molar-refractivity contribution in [2.24, 2.45) is 5.73 Å². The highest BCUT2D eigenvalue weighted by molar-refractivity contribution is 5.73. The van der Waals surface area contributed by atoms with E-state index >= 15 is 0 Å². The van der Waals surface area contributed by atoms with Crippen LogP contribution in [0.5, 0.6) is 5.75 Å². The Kier molecular flexibility index (Phi) is 2.80. The van der Waals surface area contributed by atoms with Crippen LogP contribution in [0.2, 0.25) is 0 Å². The lowest BCUT2D eigenvalue weighted by atomic mass is 9.99. The van der Waals surface area contributed by atoms with Gasteiger partial charge in [-0.05, 0) is 23.6 Å². The quantitative estimate of drug-likeness (QED) is 0.872. The summed E-state index contributed by atoms with van der Waals surface area (Å²) in [7, 11) is 0. The first kappa shape index (κ1) is 11.3. The van der Waals surface area contributed by atoms with Gasteiger partial charge in [0.1, 0.15) is 5.75 Å². The molecule has 1 aliphatic heterocycles. The number of hydrogen-bond donors (Lipinski definition) is 1. The SMILES string of the molecule is CC(N)c1ccc(-c2cccc3c2OCC3)cc1. The van der Waals surface area contributed by atoms with Crippen LogP contribution in [0, 0.1) is 0 Å². The van der Waals surface area contributed by atoms with Crippen LogP contribution in [0.15, 0.2) is 42.5 Å². The third-order valence-electron chi connectivity index (χ3n) is 3.46. The number of ether oxygens (including phenoxy) is 1. The molecule has 0 aromatic heterocycles. The summed E-state index contributed by atoms with van der Waals surface area (Å²) in [5.74, 6) is 1.05. The molecule has 0 saturated carbocycles. The summed E-state index contributed by atoms with van der Waals surface area (Å²) in [4.78, 5) is 0. The van der Waals surface area contributed by atoms with Crippen molar-refractivity contribution < 1.29 is 4.74 Å². The summed E-state index contributed by atoms with van der Waals surface area (Å²) >= 11 is 0. The van der Waals surface area contributed by atoms with E-state index in [1.54, 1.807) is 0 Å². The molecule has 0 saturated heterocycles. The molecule has 1 atom stereocenters. The maximum Gasteiger partial charge on any atom is 0.130 e. The molecule has 0 spiro atoms. The maximum absolute atomic E-state index is 5.87. The normalized spacial score (nSPS) is 15.0. The van der Waals surface area contributed by atoms with E-state index in [0.717, 1.165) is 24.3 Å². The van der Waals surface area contributed by atoms with Crippen LogP contribution < -0.4 is 10.5 Å². The van der Waals surface area contributed by atoms with Gasteiger partial charge in [0.05, 0.1) is 6.61 Å². The zero-order valence-electron chi connectivity index (χ0n) is 10.5. The molecule has 2 heteroatoms. The molecule has 0 bridgehead atoms. The monoisotopic (exact) mass is 239 g/mol. The van der Waals surface area contributed by atoms with Crippen molar-refractivity contribution in [1.29, 1.82) is 0 Å². The topological polar surface area (TPSA) is 35.2 Å². The first-order chi connectivity index (χ1) is 8.75. The molecule has 2 nitrogen and oxygen atoms in total. The molecule has 1 unspecified atom stereocenters. The van der Waals surface area contributed by atoms with Gasteiger partial charge in [0.25, 0.3) is 0 Å². The molecule has 3 rings (SSSR count). The fourth-order valence-electron chi connectivity index (χ4n) is 2.41. The fourth-order valence-corrected chi connectivity index (χ4v) is 2.41. The van der Waals surface area contributed by atoms with E-state index in [4.69, 9.17) is 10.5 Å². The first-order valence-electron chi connectivity index (χ1n) is 6.36. The van der Waals surface area contributed by atoms with Crippen molar-refractivity contribution in [3.63, 3.8) is 0 Å². The van der Waals surface area contributed by atoms with Crippen molar-refractivity contribution in [2.45, 2.75) is 19.4 Å². The lowest BCUT2D eigenvalue weighted by Gasteiger charge is -2.10. The zero-order valence-corrected chi connectivity index (χ0v) is 10.5. The molecule has 18 heavy (non-hydrogen) atoms. The van der Waals surface area contributed by atoms with Gasteiger partial charge in [-0.1, -0.05) is 42.5 Å². The smallest absolute Gasteiger partial charge is 0.130 e. The Labute approximate surface area is 107 Å². The van der Waals surface area contributed by atoms with E-state index in [0.29, 0.717) is 0 Å². The molecule has 1 aliphatic rings. The maximum atomic E-state index is 5.87. The molecular formula is C16H17NO. The molecule has 0 aliphatic carbocycles. The second-order valence-corrected chi connectivity index (χ2v) is 4.80. The van der Waals surface area contributed by atoms with Crippen molar-refractivity contribution in [3.8, 4) is 16.9 Å². The van der Waals surface area contributed by atoms with Gasteiger partial charge in [0.2, 0.25) is 0 Å². The Bertz CT molecular complexity index is 558. The number of fused-ring (bicyclic) bond motifs is 1. The number of rotatable bonds is 2. The minimum atomic E-state index is 0.0804. The van der Waals surface area contributed by atoms with Gasteiger partial charge in [0.15, 0.2) is 0 Å². The number of nitrogens with two attached hydrogens (primary N) is 1. The van der Waals surface area contributed by atoms with E-state index in [9.17, 15) is 0 Å². The van der Waals surface area contributed by atoms with Gasteiger partial charge in [-0.25, -0.2) is 0 Å². The Morgan fingerprint density at radius 2 is 1.89 bits per heavy atom. The molecule has 0 radical (unpaired) electrons. The van der Waals surface area contributed by atoms with Gasteiger partial charge in [-0.3, -0.25) is 0 Å². The van der Waals surface area contributed by atoms with E-state index < -0.39 is 0 Å². The Hall–Kier alpha value is -1.80. The van der Waals surface area contributed by atoms with Crippen LogP contribution in [0.1, 0.15) is 24.1 Å². The van der Waals surface area contributed by atoms with Crippen LogP contribution in [-0.4, -0.2) is 6.61 Å². The summed E-state index contributed by atoms with van der Waals surface area (Å²) in [5.41, 5.74) is 10.7. The summed E-state index contributed by atoms with van der Waals surface area (Å²) < 4.78 is 5.74. The Morgan fingerprint density at radius 1 is 1.11 bits per heavy atom. The van der Waals surface area contributed by atoms with Crippen LogP contribution in [0.3, 0.4) is 0 Å². The van der Waals surface area contributed by atoms with Crippen LogP contribution >= 0.6 is 0 Å². The van der Waals surface area contributed by atoms with Crippen molar-refractivity contribution >= 4 is 0 Å².